The summed E-state index contributed by atoms with van der Waals surface area (Å²) in [5, 5.41) is 0. The third-order valence-electron chi connectivity index (χ3n) is 3.09. The van der Waals surface area contributed by atoms with Crippen molar-refractivity contribution in [3.63, 3.8) is 0 Å². The molecule has 0 spiro atoms. The number of nitrogens with zero attached hydrogens (tertiary/aromatic N) is 1. The van der Waals surface area contributed by atoms with E-state index in [4.69, 9.17) is 9.47 Å². The molecular weight excluding hydrogens is 218 g/mol. The normalized spacial score (nSPS) is 24.3. The summed E-state index contributed by atoms with van der Waals surface area (Å²) >= 11 is 0. The minimum atomic E-state index is 0.192. The Morgan fingerprint density at radius 2 is 2.18 bits per heavy atom. The van der Waals surface area contributed by atoms with Crippen LogP contribution in [-0.4, -0.2) is 30.6 Å². The quantitative estimate of drug-likeness (QED) is 0.751. The molecule has 1 aliphatic carbocycles. The van der Waals surface area contributed by atoms with Crippen molar-refractivity contribution in [1.29, 1.82) is 0 Å². The van der Waals surface area contributed by atoms with Crippen LogP contribution in [0.4, 0.5) is 0 Å². The van der Waals surface area contributed by atoms with Crippen LogP contribution < -0.4 is 4.74 Å². The maximum Gasteiger partial charge on any atom is 0.168 e. The lowest BCUT2D eigenvalue weighted by Crippen LogP contribution is -2.29. The largest absolute Gasteiger partial charge is 0.489 e. The van der Waals surface area contributed by atoms with Gasteiger partial charge in [0.2, 0.25) is 0 Å². The minimum Gasteiger partial charge on any atom is -0.489 e. The molecular formula is C13H17NO3. The molecule has 2 unspecified atom stereocenters. The summed E-state index contributed by atoms with van der Waals surface area (Å²) in [6, 6.07) is 3.45. The monoisotopic (exact) mass is 235 g/mol. The van der Waals surface area contributed by atoms with Crippen LogP contribution in [0.1, 0.15) is 36.2 Å². The van der Waals surface area contributed by atoms with Crippen molar-refractivity contribution in [2.45, 2.75) is 37.9 Å². The van der Waals surface area contributed by atoms with Crippen molar-refractivity contribution in [3.8, 4) is 5.75 Å². The van der Waals surface area contributed by atoms with Crippen molar-refractivity contribution >= 4 is 6.29 Å². The third-order valence-corrected chi connectivity index (χ3v) is 3.09. The first kappa shape index (κ1) is 12.0. The fraction of sp³-hybridized carbons (Fsp3) is 0.538. The second-order valence-corrected chi connectivity index (χ2v) is 4.30. The first-order valence-corrected chi connectivity index (χ1v) is 5.92. The van der Waals surface area contributed by atoms with E-state index in [1.54, 1.807) is 25.4 Å². The zero-order valence-corrected chi connectivity index (χ0v) is 9.96. The fourth-order valence-corrected chi connectivity index (χ4v) is 2.15. The molecule has 0 bridgehead atoms. The fourth-order valence-electron chi connectivity index (χ4n) is 2.15. The molecule has 1 saturated carbocycles. The second-order valence-electron chi connectivity index (χ2n) is 4.30. The van der Waals surface area contributed by atoms with Crippen LogP contribution in [0.2, 0.25) is 0 Å². The van der Waals surface area contributed by atoms with E-state index in [1.807, 2.05) is 0 Å². The van der Waals surface area contributed by atoms with Gasteiger partial charge in [-0.3, -0.25) is 4.79 Å². The topological polar surface area (TPSA) is 48.4 Å². The first-order chi connectivity index (χ1) is 8.31. The van der Waals surface area contributed by atoms with Gasteiger partial charge in [0.1, 0.15) is 17.5 Å². The molecule has 0 amide bonds. The highest BCUT2D eigenvalue weighted by molar-refractivity contribution is 5.71. The lowest BCUT2D eigenvalue weighted by molar-refractivity contribution is 0.0208. The number of aromatic nitrogens is 1. The number of carbonyl (C=O) groups excluding carboxylic acids is 1. The van der Waals surface area contributed by atoms with Crippen molar-refractivity contribution in [1.82, 2.24) is 4.98 Å². The number of carbonyl (C=O) groups is 1. The number of rotatable bonds is 4. The van der Waals surface area contributed by atoms with E-state index in [9.17, 15) is 4.79 Å². The highest BCUT2D eigenvalue weighted by Crippen LogP contribution is 2.24. The van der Waals surface area contributed by atoms with E-state index >= 15 is 0 Å². The molecule has 1 aliphatic rings. The van der Waals surface area contributed by atoms with Gasteiger partial charge in [0.15, 0.2) is 6.29 Å². The van der Waals surface area contributed by atoms with E-state index in [0.29, 0.717) is 11.8 Å². The van der Waals surface area contributed by atoms with Crippen molar-refractivity contribution in [2.24, 2.45) is 0 Å². The Hall–Kier alpha value is -1.42. The van der Waals surface area contributed by atoms with E-state index in [0.717, 1.165) is 37.7 Å². The average molecular weight is 235 g/mol. The van der Waals surface area contributed by atoms with Crippen molar-refractivity contribution in [2.75, 3.05) is 7.11 Å². The molecule has 2 atom stereocenters. The molecule has 4 heteroatoms. The molecule has 4 nitrogen and oxygen atoms in total. The SMILES string of the molecule is COC1CCCC(Oc2ccc(C=O)nc2)C1. The first-order valence-electron chi connectivity index (χ1n) is 5.92. The summed E-state index contributed by atoms with van der Waals surface area (Å²) in [7, 11) is 1.74. The maximum atomic E-state index is 10.5. The Balaban J connectivity index is 1.92. The third kappa shape index (κ3) is 3.27. The summed E-state index contributed by atoms with van der Waals surface area (Å²) in [6.45, 7) is 0. The second kappa shape index (κ2) is 5.77. The summed E-state index contributed by atoms with van der Waals surface area (Å²) < 4.78 is 11.2. The van der Waals surface area contributed by atoms with Gasteiger partial charge in [0.05, 0.1) is 12.3 Å². The number of aldehydes is 1. The molecule has 0 N–H and O–H groups in total. The number of ether oxygens (including phenoxy) is 2. The lowest BCUT2D eigenvalue weighted by atomic mass is 9.95. The molecule has 1 fully saturated rings. The smallest absolute Gasteiger partial charge is 0.168 e. The highest BCUT2D eigenvalue weighted by atomic mass is 16.5. The number of pyridine rings is 1. The molecule has 1 aromatic heterocycles. The van der Waals surface area contributed by atoms with Crippen LogP contribution >= 0.6 is 0 Å². The minimum absolute atomic E-state index is 0.192. The summed E-state index contributed by atoms with van der Waals surface area (Å²) in [4.78, 5) is 14.4. The summed E-state index contributed by atoms with van der Waals surface area (Å²) in [5.74, 6) is 0.720. The zero-order valence-electron chi connectivity index (χ0n) is 9.96. The van der Waals surface area contributed by atoms with Crippen LogP contribution in [0.5, 0.6) is 5.75 Å². The molecule has 0 radical (unpaired) electrons. The van der Waals surface area contributed by atoms with Crippen LogP contribution in [-0.2, 0) is 4.74 Å². The van der Waals surface area contributed by atoms with Crippen molar-refractivity contribution in [3.05, 3.63) is 24.0 Å². The van der Waals surface area contributed by atoms with Crippen LogP contribution in [0.3, 0.4) is 0 Å². The van der Waals surface area contributed by atoms with E-state index in [1.165, 1.54) is 0 Å². The van der Waals surface area contributed by atoms with Gasteiger partial charge >= 0.3 is 0 Å². The molecule has 17 heavy (non-hydrogen) atoms. The van der Waals surface area contributed by atoms with Gasteiger partial charge < -0.3 is 9.47 Å². The molecule has 0 saturated heterocycles. The Bertz CT molecular complexity index is 363. The lowest BCUT2D eigenvalue weighted by Gasteiger charge is -2.28. The summed E-state index contributed by atoms with van der Waals surface area (Å²) in [5.41, 5.74) is 0.427. The molecule has 0 aliphatic heterocycles. The standard InChI is InChI=1S/C13H17NO3/c1-16-11-3-2-4-12(7-11)17-13-6-5-10(9-15)14-8-13/h5-6,8-9,11-12H,2-4,7H2,1H3. The van der Waals surface area contributed by atoms with Crippen LogP contribution in [0, 0.1) is 0 Å². The van der Waals surface area contributed by atoms with E-state index in [-0.39, 0.29) is 6.10 Å². The number of hydrogen-bond donors (Lipinski definition) is 0. The number of methoxy groups -OCH3 is 1. The average Bonchev–Trinajstić information content (AvgIpc) is 2.40. The van der Waals surface area contributed by atoms with E-state index < -0.39 is 0 Å². The van der Waals surface area contributed by atoms with Gasteiger partial charge in [0, 0.05) is 13.5 Å². The highest BCUT2D eigenvalue weighted by Gasteiger charge is 2.22. The van der Waals surface area contributed by atoms with Gasteiger partial charge in [-0.1, -0.05) is 0 Å². The molecule has 1 aromatic rings. The maximum absolute atomic E-state index is 10.5. The Morgan fingerprint density at radius 1 is 1.35 bits per heavy atom. The van der Waals surface area contributed by atoms with Gasteiger partial charge in [0.25, 0.3) is 0 Å². The molecule has 92 valence electrons. The van der Waals surface area contributed by atoms with Gasteiger partial charge in [-0.25, -0.2) is 4.98 Å². The van der Waals surface area contributed by atoms with E-state index in [2.05, 4.69) is 4.98 Å². The summed E-state index contributed by atoms with van der Waals surface area (Å²) in [6.07, 6.45) is 7.03. The number of hydrogen-bond acceptors (Lipinski definition) is 4. The predicted molar refractivity (Wildman–Crippen MR) is 63.3 cm³/mol. The molecule has 0 aromatic carbocycles. The van der Waals surface area contributed by atoms with Gasteiger partial charge in [-0.15, -0.1) is 0 Å². The zero-order chi connectivity index (χ0) is 12.1. The Morgan fingerprint density at radius 3 is 2.82 bits per heavy atom. The predicted octanol–water partition coefficient (Wildman–Crippen LogP) is 2.23. The van der Waals surface area contributed by atoms with Gasteiger partial charge in [-0.2, -0.15) is 0 Å². The van der Waals surface area contributed by atoms with Gasteiger partial charge in [-0.05, 0) is 31.4 Å². The van der Waals surface area contributed by atoms with Crippen LogP contribution in [0.15, 0.2) is 18.3 Å². The van der Waals surface area contributed by atoms with Crippen LogP contribution in [0.25, 0.3) is 0 Å². The van der Waals surface area contributed by atoms with Crippen molar-refractivity contribution < 1.29 is 14.3 Å². The molecule has 2 rings (SSSR count). The Kier molecular flexibility index (Phi) is 4.09. The Labute approximate surface area is 101 Å². The molecule has 1 heterocycles.